The number of halogens is 1. The van der Waals surface area contributed by atoms with E-state index < -0.39 is 0 Å². The van der Waals surface area contributed by atoms with Crippen molar-refractivity contribution >= 4 is 28.6 Å². The molecule has 0 aliphatic rings. The fraction of sp³-hybridized carbons (Fsp3) is 0.182. The standard InChI is InChI=1S/C11H11ClN2S/c1-8-2-3-9(12)4-11(8)13-5-10-6-15-7-14-10/h2-4,6-7,13H,5H2,1H3. The van der Waals surface area contributed by atoms with Crippen LogP contribution < -0.4 is 5.32 Å². The maximum absolute atomic E-state index is 5.92. The Hall–Kier alpha value is -1.06. The highest BCUT2D eigenvalue weighted by Gasteiger charge is 2.00. The van der Waals surface area contributed by atoms with E-state index in [0.29, 0.717) is 0 Å². The average molecular weight is 239 g/mol. The van der Waals surface area contributed by atoms with E-state index in [2.05, 4.69) is 17.2 Å². The van der Waals surface area contributed by atoms with E-state index >= 15 is 0 Å². The van der Waals surface area contributed by atoms with Crippen LogP contribution in [0.2, 0.25) is 5.02 Å². The van der Waals surface area contributed by atoms with Gasteiger partial charge in [-0.25, -0.2) is 4.98 Å². The van der Waals surface area contributed by atoms with Gasteiger partial charge in [-0.15, -0.1) is 11.3 Å². The predicted octanol–water partition coefficient (Wildman–Crippen LogP) is 3.72. The Morgan fingerprint density at radius 1 is 1.47 bits per heavy atom. The van der Waals surface area contributed by atoms with Crippen molar-refractivity contribution in [2.24, 2.45) is 0 Å². The van der Waals surface area contributed by atoms with Gasteiger partial charge in [0.1, 0.15) is 0 Å². The summed E-state index contributed by atoms with van der Waals surface area (Å²) in [7, 11) is 0. The van der Waals surface area contributed by atoms with E-state index in [9.17, 15) is 0 Å². The molecule has 1 aromatic carbocycles. The van der Waals surface area contributed by atoms with Crippen LogP contribution in [0.4, 0.5) is 5.69 Å². The van der Waals surface area contributed by atoms with Gasteiger partial charge in [-0.1, -0.05) is 17.7 Å². The third-order valence-corrected chi connectivity index (χ3v) is 3.01. The zero-order chi connectivity index (χ0) is 10.7. The van der Waals surface area contributed by atoms with E-state index in [-0.39, 0.29) is 0 Å². The van der Waals surface area contributed by atoms with E-state index in [1.165, 1.54) is 5.56 Å². The Balaban J connectivity index is 2.07. The van der Waals surface area contributed by atoms with Crippen molar-refractivity contribution in [2.45, 2.75) is 13.5 Å². The van der Waals surface area contributed by atoms with Crippen molar-refractivity contribution in [3.63, 3.8) is 0 Å². The van der Waals surface area contributed by atoms with Gasteiger partial charge >= 0.3 is 0 Å². The smallest absolute Gasteiger partial charge is 0.0795 e. The zero-order valence-electron chi connectivity index (χ0n) is 8.33. The fourth-order valence-electron chi connectivity index (χ4n) is 1.30. The zero-order valence-corrected chi connectivity index (χ0v) is 9.90. The Morgan fingerprint density at radius 3 is 3.07 bits per heavy atom. The second kappa shape index (κ2) is 4.64. The highest BCUT2D eigenvalue weighted by molar-refractivity contribution is 7.07. The van der Waals surface area contributed by atoms with Crippen LogP contribution in [0.25, 0.3) is 0 Å². The Kier molecular flexibility index (Phi) is 3.23. The molecule has 0 radical (unpaired) electrons. The maximum atomic E-state index is 5.92. The van der Waals surface area contributed by atoms with Gasteiger partial charge in [-0.3, -0.25) is 0 Å². The third kappa shape index (κ3) is 2.70. The van der Waals surface area contributed by atoms with Crippen molar-refractivity contribution < 1.29 is 0 Å². The molecular weight excluding hydrogens is 228 g/mol. The number of hydrogen-bond donors (Lipinski definition) is 1. The second-order valence-electron chi connectivity index (χ2n) is 3.29. The number of thiazole rings is 1. The Labute approximate surface area is 97.9 Å². The molecule has 1 aromatic heterocycles. The number of anilines is 1. The van der Waals surface area contributed by atoms with Crippen LogP contribution in [-0.4, -0.2) is 4.98 Å². The molecule has 2 nitrogen and oxygen atoms in total. The van der Waals surface area contributed by atoms with Crippen LogP contribution in [-0.2, 0) is 6.54 Å². The van der Waals surface area contributed by atoms with Gasteiger partial charge in [0.25, 0.3) is 0 Å². The van der Waals surface area contributed by atoms with Crippen LogP contribution in [0.3, 0.4) is 0 Å². The van der Waals surface area contributed by atoms with Crippen molar-refractivity contribution in [3.8, 4) is 0 Å². The van der Waals surface area contributed by atoms with Crippen molar-refractivity contribution in [3.05, 3.63) is 45.4 Å². The lowest BCUT2D eigenvalue weighted by Gasteiger charge is -2.08. The molecule has 0 atom stereocenters. The molecule has 0 aliphatic heterocycles. The molecule has 0 bridgehead atoms. The molecule has 78 valence electrons. The number of rotatable bonds is 3. The number of nitrogens with one attached hydrogen (secondary N) is 1. The summed E-state index contributed by atoms with van der Waals surface area (Å²) in [5, 5.41) is 6.10. The van der Waals surface area contributed by atoms with E-state index in [1.807, 2.05) is 29.1 Å². The van der Waals surface area contributed by atoms with Crippen molar-refractivity contribution in [2.75, 3.05) is 5.32 Å². The molecule has 0 amide bonds. The topological polar surface area (TPSA) is 24.9 Å². The molecule has 0 fully saturated rings. The largest absolute Gasteiger partial charge is 0.379 e. The van der Waals surface area contributed by atoms with Crippen LogP contribution in [0.15, 0.2) is 29.1 Å². The monoisotopic (exact) mass is 238 g/mol. The molecule has 0 saturated carbocycles. The SMILES string of the molecule is Cc1ccc(Cl)cc1NCc1cscn1. The number of aromatic nitrogens is 1. The third-order valence-electron chi connectivity index (χ3n) is 2.14. The first-order chi connectivity index (χ1) is 7.25. The van der Waals surface area contributed by atoms with Crippen molar-refractivity contribution in [1.82, 2.24) is 4.98 Å². The summed E-state index contributed by atoms with van der Waals surface area (Å²) < 4.78 is 0. The molecular formula is C11H11ClN2S. The number of aryl methyl sites for hydroxylation is 1. The lowest BCUT2D eigenvalue weighted by molar-refractivity contribution is 1.07. The number of hydrogen-bond acceptors (Lipinski definition) is 3. The fourth-order valence-corrected chi connectivity index (χ4v) is 2.03. The summed E-state index contributed by atoms with van der Waals surface area (Å²) in [4.78, 5) is 4.21. The molecule has 2 aromatic rings. The minimum absolute atomic E-state index is 0.741. The number of nitrogens with zero attached hydrogens (tertiary/aromatic N) is 1. The van der Waals surface area contributed by atoms with Gasteiger partial charge in [-0.2, -0.15) is 0 Å². The van der Waals surface area contributed by atoms with Gasteiger partial charge in [0, 0.05) is 16.1 Å². The molecule has 1 heterocycles. The molecule has 2 rings (SSSR count). The summed E-state index contributed by atoms with van der Waals surface area (Å²) in [6.07, 6.45) is 0. The minimum Gasteiger partial charge on any atom is -0.379 e. The molecule has 0 unspecified atom stereocenters. The van der Waals surface area contributed by atoms with Gasteiger partial charge in [0.2, 0.25) is 0 Å². The summed E-state index contributed by atoms with van der Waals surface area (Å²) in [5.41, 5.74) is 5.14. The molecule has 0 aliphatic carbocycles. The van der Waals surface area contributed by atoms with E-state index in [0.717, 1.165) is 22.9 Å². The number of benzene rings is 1. The quantitative estimate of drug-likeness (QED) is 0.882. The molecule has 15 heavy (non-hydrogen) atoms. The second-order valence-corrected chi connectivity index (χ2v) is 4.45. The molecule has 1 N–H and O–H groups in total. The normalized spacial score (nSPS) is 10.3. The first kappa shape index (κ1) is 10.5. The average Bonchev–Trinajstić information content (AvgIpc) is 2.72. The van der Waals surface area contributed by atoms with Gasteiger partial charge in [0.15, 0.2) is 0 Å². The maximum Gasteiger partial charge on any atom is 0.0795 e. The highest BCUT2D eigenvalue weighted by atomic mass is 35.5. The van der Waals surface area contributed by atoms with E-state index in [4.69, 9.17) is 11.6 Å². The van der Waals surface area contributed by atoms with Crippen LogP contribution in [0.5, 0.6) is 0 Å². The summed E-state index contributed by atoms with van der Waals surface area (Å²) in [5.74, 6) is 0. The van der Waals surface area contributed by atoms with E-state index in [1.54, 1.807) is 11.3 Å². The molecule has 0 spiro atoms. The van der Waals surface area contributed by atoms with Gasteiger partial charge in [-0.05, 0) is 24.6 Å². The molecule has 0 saturated heterocycles. The lowest BCUT2D eigenvalue weighted by atomic mass is 10.2. The summed E-state index contributed by atoms with van der Waals surface area (Å²) in [6, 6.07) is 5.83. The summed E-state index contributed by atoms with van der Waals surface area (Å²) >= 11 is 7.53. The van der Waals surface area contributed by atoms with Crippen LogP contribution >= 0.6 is 22.9 Å². The lowest BCUT2D eigenvalue weighted by Crippen LogP contribution is -2.00. The summed E-state index contributed by atoms with van der Waals surface area (Å²) in [6.45, 7) is 2.80. The van der Waals surface area contributed by atoms with Crippen molar-refractivity contribution in [1.29, 1.82) is 0 Å². The van der Waals surface area contributed by atoms with Gasteiger partial charge < -0.3 is 5.32 Å². The predicted molar refractivity (Wildman–Crippen MR) is 65.6 cm³/mol. The first-order valence-electron chi connectivity index (χ1n) is 4.63. The minimum atomic E-state index is 0.741. The van der Waals surface area contributed by atoms with Crippen LogP contribution in [0.1, 0.15) is 11.3 Å². The first-order valence-corrected chi connectivity index (χ1v) is 5.95. The highest BCUT2D eigenvalue weighted by Crippen LogP contribution is 2.20. The molecule has 4 heteroatoms. The Morgan fingerprint density at radius 2 is 2.33 bits per heavy atom. The van der Waals surface area contributed by atoms with Crippen LogP contribution in [0, 0.1) is 6.92 Å². The Bertz CT molecular complexity index is 440. The van der Waals surface area contributed by atoms with Gasteiger partial charge in [0.05, 0.1) is 17.7 Å².